The molecule has 0 fully saturated rings. The Kier molecular flexibility index (Phi) is 5.34. The van der Waals surface area contributed by atoms with Gasteiger partial charge in [0.15, 0.2) is 0 Å². The number of pyridine rings is 1. The minimum absolute atomic E-state index is 0.630. The fraction of sp³-hybridized carbons (Fsp3) is 0.389. The van der Waals surface area contributed by atoms with Crippen LogP contribution in [-0.4, -0.2) is 11.5 Å². The maximum atomic E-state index is 5.95. The largest absolute Gasteiger partial charge is 0.439 e. The molecule has 1 heterocycles. The molecule has 2 rings (SSSR count). The van der Waals surface area contributed by atoms with E-state index in [0.29, 0.717) is 11.8 Å². The van der Waals surface area contributed by atoms with Gasteiger partial charge in [0.05, 0.1) is 0 Å². The van der Waals surface area contributed by atoms with E-state index >= 15 is 0 Å². The summed E-state index contributed by atoms with van der Waals surface area (Å²) in [6.45, 7) is 10.3. The fourth-order valence-electron chi connectivity index (χ4n) is 2.04. The van der Waals surface area contributed by atoms with Gasteiger partial charge in [-0.3, -0.25) is 0 Å². The van der Waals surface area contributed by atoms with Crippen molar-refractivity contribution in [3.8, 4) is 11.6 Å². The Morgan fingerprint density at radius 2 is 1.95 bits per heavy atom. The molecule has 0 saturated carbocycles. The van der Waals surface area contributed by atoms with Crippen LogP contribution in [-0.2, 0) is 6.54 Å². The van der Waals surface area contributed by atoms with Crippen LogP contribution in [0.5, 0.6) is 11.6 Å². The number of benzene rings is 1. The van der Waals surface area contributed by atoms with Crippen LogP contribution in [0.1, 0.15) is 30.5 Å². The van der Waals surface area contributed by atoms with Gasteiger partial charge in [-0.1, -0.05) is 26.0 Å². The lowest BCUT2D eigenvalue weighted by Gasteiger charge is -2.12. The van der Waals surface area contributed by atoms with Crippen molar-refractivity contribution >= 4 is 0 Å². The van der Waals surface area contributed by atoms with Gasteiger partial charge in [-0.2, -0.15) is 0 Å². The Morgan fingerprint density at radius 3 is 2.67 bits per heavy atom. The first kappa shape index (κ1) is 15.5. The zero-order chi connectivity index (χ0) is 15.2. The number of ether oxygens (including phenoxy) is 1. The number of nitrogens with zero attached hydrogens (tertiary/aromatic N) is 1. The van der Waals surface area contributed by atoms with E-state index in [9.17, 15) is 0 Å². The summed E-state index contributed by atoms with van der Waals surface area (Å²) >= 11 is 0. The third kappa shape index (κ3) is 4.57. The number of hydrogen-bond donors (Lipinski definition) is 1. The number of aryl methyl sites for hydroxylation is 2. The molecule has 1 aromatic carbocycles. The van der Waals surface area contributed by atoms with Gasteiger partial charge in [-0.15, -0.1) is 0 Å². The summed E-state index contributed by atoms with van der Waals surface area (Å²) in [6, 6.07) is 10.1. The quantitative estimate of drug-likeness (QED) is 0.861. The highest BCUT2D eigenvalue weighted by Crippen LogP contribution is 2.24. The molecule has 0 unspecified atom stereocenters. The van der Waals surface area contributed by atoms with E-state index in [1.165, 1.54) is 11.1 Å². The second-order valence-electron chi connectivity index (χ2n) is 5.84. The maximum absolute atomic E-state index is 5.95. The Labute approximate surface area is 127 Å². The van der Waals surface area contributed by atoms with E-state index in [-0.39, 0.29) is 0 Å². The molecule has 0 spiro atoms. The van der Waals surface area contributed by atoms with Crippen molar-refractivity contribution in [2.45, 2.75) is 34.2 Å². The normalized spacial score (nSPS) is 10.9. The Bertz CT molecular complexity index is 594. The lowest BCUT2D eigenvalue weighted by Crippen LogP contribution is -2.19. The highest BCUT2D eigenvalue weighted by atomic mass is 16.5. The monoisotopic (exact) mass is 284 g/mol. The summed E-state index contributed by atoms with van der Waals surface area (Å²) in [7, 11) is 0. The van der Waals surface area contributed by atoms with Gasteiger partial charge in [0.25, 0.3) is 0 Å². The van der Waals surface area contributed by atoms with Crippen molar-refractivity contribution in [3.63, 3.8) is 0 Å². The van der Waals surface area contributed by atoms with Gasteiger partial charge in [0.1, 0.15) is 5.75 Å². The Balaban J connectivity index is 2.10. The molecule has 0 aliphatic rings. The average molecular weight is 284 g/mol. The molecule has 0 radical (unpaired) electrons. The number of aromatic nitrogens is 1. The smallest absolute Gasteiger partial charge is 0.223 e. The zero-order valence-corrected chi connectivity index (χ0v) is 13.3. The molecule has 112 valence electrons. The first-order valence-corrected chi connectivity index (χ1v) is 7.46. The lowest BCUT2D eigenvalue weighted by molar-refractivity contribution is 0.449. The Morgan fingerprint density at radius 1 is 1.14 bits per heavy atom. The van der Waals surface area contributed by atoms with E-state index in [0.717, 1.165) is 24.4 Å². The summed E-state index contributed by atoms with van der Waals surface area (Å²) in [5, 5.41) is 3.43. The van der Waals surface area contributed by atoms with E-state index in [1.54, 1.807) is 6.20 Å². The molecule has 0 bridgehead atoms. The number of rotatable bonds is 6. The molecule has 0 aliphatic heterocycles. The molecule has 3 nitrogen and oxygen atoms in total. The molecule has 0 amide bonds. The van der Waals surface area contributed by atoms with Gasteiger partial charge in [0, 0.05) is 18.3 Å². The van der Waals surface area contributed by atoms with Crippen LogP contribution in [0, 0.1) is 19.8 Å². The predicted octanol–water partition coefficient (Wildman–Crippen LogP) is 4.24. The standard InChI is InChI=1S/C18H24N2O/c1-13(2)11-19-12-16-6-5-9-20-18(16)21-17-8-7-14(3)15(4)10-17/h5-10,13,19H,11-12H2,1-4H3. The summed E-state index contributed by atoms with van der Waals surface area (Å²) < 4.78 is 5.95. The van der Waals surface area contributed by atoms with Crippen LogP contribution < -0.4 is 10.1 Å². The molecular weight excluding hydrogens is 260 g/mol. The molecule has 0 saturated heterocycles. The summed E-state index contributed by atoms with van der Waals surface area (Å²) in [6.07, 6.45) is 1.77. The van der Waals surface area contributed by atoms with Crippen LogP contribution in [0.25, 0.3) is 0 Å². The first-order valence-electron chi connectivity index (χ1n) is 7.46. The van der Waals surface area contributed by atoms with Crippen LogP contribution in [0.2, 0.25) is 0 Å². The van der Waals surface area contributed by atoms with Crippen LogP contribution in [0.4, 0.5) is 0 Å². The van der Waals surface area contributed by atoms with Gasteiger partial charge in [0.2, 0.25) is 5.88 Å². The van der Waals surface area contributed by atoms with Gasteiger partial charge >= 0.3 is 0 Å². The van der Waals surface area contributed by atoms with Crippen molar-refractivity contribution < 1.29 is 4.74 Å². The fourth-order valence-corrected chi connectivity index (χ4v) is 2.04. The first-order chi connectivity index (χ1) is 10.1. The van der Waals surface area contributed by atoms with E-state index in [1.807, 2.05) is 12.1 Å². The summed E-state index contributed by atoms with van der Waals surface area (Å²) in [5.74, 6) is 2.14. The second-order valence-corrected chi connectivity index (χ2v) is 5.84. The molecule has 21 heavy (non-hydrogen) atoms. The second kappa shape index (κ2) is 7.23. The lowest BCUT2D eigenvalue weighted by atomic mass is 10.1. The number of nitrogens with one attached hydrogen (secondary N) is 1. The van der Waals surface area contributed by atoms with E-state index in [2.05, 4.69) is 56.2 Å². The van der Waals surface area contributed by atoms with E-state index in [4.69, 9.17) is 4.74 Å². The molecule has 1 aromatic heterocycles. The van der Waals surface area contributed by atoms with Gasteiger partial charge in [-0.05, 0) is 55.6 Å². The third-order valence-electron chi connectivity index (χ3n) is 3.41. The predicted molar refractivity (Wildman–Crippen MR) is 86.8 cm³/mol. The summed E-state index contributed by atoms with van der Waals surface area (Å²) in [4.78, 5) is 4.36. The van der Waals surface area contributed by atoms with Crippen molar-refractivity contribution in [2.75, 3.05) is 6.54 Å². The van der Waals surface area contributed by atoms with Crippen LogP contribution >= 0.6 is 0 Å². The SMILES string of the molecule is Cc1ccc(Oc2ncccc2CNCC(C)C)cc1C. The van der Waals surface area contributed by atoms with Crippen molar-refractivity contribution in [2.24, 2.45) is 5.92 Å². The van der Waals surface area contributed by atoms with Crippen molar-refractivity contribution in [1.29, 1.82) is 0 Å². The molecule has 0 atom stereocenters. The van der Waals surface area contributed by atoms with Crippen molar-refractivity contribution in [1.82, 2.24) is 10.3 Å². The van der Waals surface area contributed by atoms with Crippen molar-refractivity contribution in [3.05, 3.63) is 53.2 Å². The third-order valence-corrected chi connectivity index (χ3v) is 3.41. The van der Waals surface area contributed by atoms with Crippen LogP contribution in [0.15, 0.2) is 36.5 Å². The van der Waals surface area contributed by atoms with E-state index < -0.39 is 0 Å². The van der Waals surface area contributed by atoms with Gasteiger partial charge in [-0.25, -0.2) is 4.98 Å². The minimum atomic E-state index is 0.630. The molecule has 2 aromatic rings. The topological polar surface area (TPSA) is 34.1 Å². The summed E-state index contributed by atoms with van der Waals surface area (Å²) in [5.41, 5.74) is 3.57. The molecule has 3 heteroatoms. The highest BCUT2D eigenvalue weighted by Gasteiger charge is 2.07. The molecular formula is C18H24N2O. The highest BCUT2D eigenvalue weighted by molar-refractivity contribution is 5.37. The number of hydrogen-bond acceptors (Lipinski definition) is 3. The van der Waals surface area contributed by atoms with Gasteiger partial charge < -0.3 is 10.1 Å². The maximum Gasteiger partial charge on any atom is 0.223 e. The average Bonchev–Trinajstić information content (AvgIpc) is 2.44. The zero-order valence-electron chi connectivity index (χ0n) is 13.3. The molecule has 0 aliphatic carbocycles. The van der Waals surface area contributed by atoms with Crippen LogP contribution in [0.3, 0.4) is 0 Å². The molecule has 1 N–H and O–H groups in total. The Hall–Kier alpha value is -1.87. The minimum Gasteiger partial charge on any atom is -0.439 e.